The molecule has 0 saturated carbocycles. The molecule has 1 heterocycles. The molecule has 7 heteroatoms. The summed E-state index contributed by atoms with van der Waals surface area (Å²) < 4.78 is 0. The van der Waals surface area contributed by atoms with Gasteiger partial charge in [0.15, 0.2) is 0 Å². The lowest BCUT2D eigenvalue weighted by molar-refractivity contribution is -0.136. The van der Waals surface area contributed by atoms with Crippen LogP contribution in [0.4, 0.5) is 0 Å². The van der Waals surface area contributed by atoms with E-state index in [0.717, 1.165) is 32.4 Å². The molecule has 7 nitrogen and oxygen atoms in total. The van der Waals surface area contributed by atoms with E-state index in [0.29, 0.717) is 0 Å². The lowest BCUT2D eigenvalue weighted by Crippen LogP contribution is -2.50. The number of rotatable bonds is 5. The van der Waals surface area contributed by atoms with E-state index in [2.05, 4.69) is 10.6 Å². The molecule has 0 aromatic rings. The normalized spacial score (nSPS) is 16.6. The molecule has 4 N–H and O–H groups in total. The summed E-state index contributed by atoms with van der Waals surface area (Å²) in [4.78, 5) is 36.2. The zero-order valence-electron chi connectivity index (χ0n) is 11.3. The molecule has 0 aromatic carbocycles. The summed E-state index contributed by atoms with van der Waals surface area (Å²) in [5.74, 6) is -0.858. The molecule has 0 bridgehead atoms. The third-order valence-corrected chi connectivity index (χ3v) is 3.05. The van der Waals surface area contributed by atoms with Gasteiger partial charge in [-0.3, -0.25) is 14.4 Å². The first-order valence-corrected chi connectivity index (χ1v) is 6.59. The molecule has 0 aliphatic carbocycles. The van der Waals surface area contributed by atoms with E-state index in [4.69, 9.17) is 5.73 Å². The predicted molar refractivity (Wildman–Crippen MR) is 70.1 cm³/mol. The van der Waals surface area contributed by atoms with E-state index in [1.165, 1.54) is 0 Å². The minimum absolute atomic E-state index is 0.0711. The van der Waals surface area contributed by atoms with Gasteiger partial charge in [-0.25, -0.2) is 0 Å². The molecule has 0 spiro atoms. The van der Waals surface area contributed by atoms with E-state index in [-0.39, 0.29) is 24.9 Å². The van der Waals surface area contributed by atoms with Crippen LogP contribution in [0.25, 0.3) is 0 Å². The summed E-state index contributed by atoms with van der Waals surface area (Å²) in [5.41, 5.74) is 5.10. The zero-order valence-corrected chi connectivity index (χ0v) is 11.3. The fraction of sp³-hybridized carbons (Fsp3) is 0.750. The Morgan fingerprint density at radius 3 is 2.37 bits per heavy atom. The van der Waals surface area contributed by atoms with Crippen molar-refractivity contribution in [2.45, 2.75) is 32.2 Å². The van der Waals surface area contributed by atoms with Crippen LogP contribution in [0.5, 0.6) is 0 Å². The van der Waals surface area contributed by atoms with Crippen molar-refractivity contribution in [3.05, 3.63) is 0 Å². The van der Waals surface area contributed by atoms with Gasteiger partial charge in [0.2, 0.25) is 17.7 Å². The molecule has 3 amide bonds. The first-order chi connectivity index (χ1) is 9.04. The van der Waals surface area contributed by atoms with Gasteiger partial charge in [0.05, 0.1) is 13.1 Å². The van der Waals surface area contributed by atoms with Crippen molar-refractivity contribution in [1.82, 2.24) is 15.5 Å². The molecule has 1 unspecified atom stereocenters. The minimum atomic E-state index is -0.569. The number of piperidine rings is 1. The van der Waals surface area contributed by atoms with Gasteiger partial charge in [0, 0.05) is 13.1 Å². The predicted octanol–water partition coefficient (Wildman–Crippen LogP) is -1.42. The second kappa shape index (κ2) is 7.73. The van der Waals surface area contributed by atoms with Crippen LogP contribution in [0.15, 0.2) is 0 Å². The second-order valence-corrected chi connectivity index (χ2v) is 4.66. The summed E-state index contributed by atoms with van der Waals surface area (Å²) in [7, 11) is 0. The van der Waals surface area contributed by atoms with Crippen LogP contribution in [-0.4, -0.2) is 54.8 Å². The highest BCUT2D eigenvalue weighted by Crippen LogP contribution is 2.09. The third-order valence-electron chi connectivity index (χ3n) is 3.05. The number of hydrogen-bond donors (Lipinski definition) is 3. The Kier molecular flexibility index (Phi) is 6.27. The van der Waals surface area contributed by atoms with Crippen LogP contribution in [0.2, 0.25) is 0 Å². The van der Waals surface area contributed by atoms with Gasteiger partial charge in [-0.2, -0.15) is 0 Å². The monoisotopic (exact) mass is 270 g/mol. The maximum absolute atomic E-state index is 12.0. The highest BCUT2D eigenvalue weighted by molar-refractivity contribution is 5.90. The first-order valence-electron chi connectivity index (χ1n) is 6.59. The van der Waals surface area contributed by atoms with E-state index in [1.807, 2.05) is 0 Å². The molecule has 0 radical (unpaired) electrons. The number of nitrogens with zero attached hydrogens (tertiary/aromatic N) is 1. The third kappa shape index (κ3) is 5.25. The number of nitrogens with one attached hydrogen (secondary N) is 2. The van der Waals surface area contributed by atoms with Gasteiger partial charge in [-0.05, 0) is 26.2 Å². The number of carbonyl (C=O) groups excluding carboxylic acids is 3. The van der Waals surface area contributed by atoms with Gasteiger partial charge in [-0.1, -0.05) is 0 Å². The molecule has 1 saturated heterocycles. The lowest BCUT2D eigenvalue weighted by Gasteiger charge is -2.29. The molecule has 19 heavy (non-hydrogen) atoms. The number of likely N-dealkylation sites (tertiary alicyclic amines) is 1. The lowest BCUT2D eigenvalue weighted by atomic mass is 10.1. The molecule has 1 aliphatic rings. The Morgan fingerprint density at radius 1 is 1.16 bits per heavy atom. The van der Waals surface area contributed by atoms with E-state index < -0.39 is 11.9 Å². The average molecular weight is 270 g/mol. The van der Waals surface area contributed by atoms with Crippen molar-refractivity contribution in [2.24, 2.45) is 5.73 Å². The van der Waals surface area contributed by atoms with Crippen molar-refractivity contribution < 1.29 is 14.4 Å². The van der Waals surface area contributed by atoms with Gasteiger partial charge in [0.25, 0.3) is 0 Å². The van der Waals surface area contributed by atoms with Crippen LogP contribution < -0.4 is 16.4 Å². The minimum Gasteiger partial charge on any atom is -0.346 e. The SMILES string of the molecule is CC(NC(=O)CNC(=O)CN)C(=O)N1CCCCC1. The molecule has 1 rings (SSSR count). The molecule has 108 valence electrons. The fourth-order valence-electron chi connectivity index (χ4n) is 1.99. The Balaban J connectivity index is 2.32. The maximum atomic E-state index is 12.0. The Hall–Kier alpha value is -1.63. The topological polar surface area (TPSA) is 105 Å². The van der Waals surface area contributed by atoms with Gasteiger partial charge in [-0.15, -0.1) is 0 Å². The van der Waals surface area contributed by atoms with Crippen molar-refractivity contribution in [2.75, 3.05) is 26.2 Å². The standard InChI is InChI=1S/C12H22N4O3/c1-9(12(19)16-5-3-2-4-6-16)15-11(18)8-14-10(17)7-13/h9H,2-8,13H2,1H3,(H,14,17)(H,15,18). The van der Waals surface area contributed by atoms with Crippen molar-refractivity contribution in [3.8, 4) is 0 Å². The Bertz CT molecular complexity index is 340. The average Bonchev–Trinajstić information content (AvgIpc) is 2.44. The number of hydrogen-bond acceptors (Lipinski definition) is 4. The van der Waals surface area contributed by atoms with Gasteiger partial charge in [0.1, 0.15) is 6.04 Å². The number of amides is 3. The summed E-state index contributed by atoms with van der Waals surface area (Å²) >= 11 is 0. The Labute approximate surface area is 112 Å². The molecule has 1 aliphatic heterocycles. The van der Waals surface area contributed by atoms with E-state index in [9.17, 15) is 14.4 Å². The fourth-order valence-corrected chi connectivity index (χ4v) is 1.99. The van der Waals surface area contributed by atoms with Crippen molar-refractivity contribution in [1.29, 1.82) is 0 Å². The molecular weight excluding hydrogens is 248 g/mol. The van der Waals surface area contributed by atoms with Gasteiger partial charge < -0.3 is 21.3 Å². The first kappa shape index (κ1) is 15.4. The quantitative estimate of drug-likeness (QED) is 0.570. The highest BCUT2D eigenvalue weighted by Gasteiger charge is 2.23. The zero-order chi connectivity index (χ0) is 14.3. The second-order valence-electron chi connectivity index (χ2n) is 4.66. The van der Waals surface area contributed by atoms with E-state index >= 15 is 0 Å². The van der Waals surface area contributed by atoms with Crippen LogP contribution in [0.1, 0.15) is 26.2 Å². The van der Waals surface area contributed by atoms with Crippen molar-refractivity contribution in [3.63, 3.8) is 0 Å². The van der Waals surface area contributed by atoms with Crippen LogP contribution in [-0.2, 0) is 14.4 Å². The smallest absolute Gasteiger partial charge is 0.244 e. The highest BCUT2D eigenvalue weighted by atomic mass is 16.2. The van der Waals surface area contributed by atoms with Crippen molar-refractivity contribution >= 4 is 17.7 Å². The summed E-state index contributed by atoms with van der Waals surface area (Å²) in [5, 5.41) is 4.93. The van der Waals surface area contributed by atoms with Crippen LogP contribution >= 0.6 is 0 Å². The summed E-state index contributed by atoms with van der Waals surface area (Å²) in [6.07, 6.45) is 3.17. The summed E-state index contributed by atoms with van der Waals surface area (Å²) in [6, 6.07) is -0.569. The number of nitrogens with two attached hydrogens (primary N) is 1. The molecule has 1 atom stereocenters. The largest absolute Gasteiger partial charge is 0.346 e. The number of carbonyl (C=O) groups is 3. The van der Waals surface area contributed by atoms with E-state index in [1.54, 1.807) is 11.8 Å². The summed E-state index contributed by atoms with van der Waals surface area (Å²) in [6.45, 7) is 2.84. The van der Waals surface area contributed by atoms with Gasteiger partial charge >= 0.3 is 0 Å². The van der Waals surface area contributed by atoms with Crippen LogP contribution in [0, 0.1) is 0 Å². The van der Waals surface area contributed by atoms with Crippen LogP contribution in [0.3, 0.4) is 0 Å². The Morgan fingerprint density at radius 2 is 1.79 bits per heavy atom. The molecule has 0 aromatic heterocycles. The molecule has 1 fully saturated rings. The maximum Gasteiger partial charge on any atom is 0.244 e. The molecular formula is C12H22N4O3.